The van der Waals surface area contributed by atoms with Gasteiger partial charge >= 0.3 is 0 Å². The first kappa shape index (κ1) is 20.1. The lowest BCUT2D eigenvalue weighted by Gasteiger charge is -2.38. The van der Waals surface area contributed by atoms with Crippen molar-refractivity contribution >= 4 is 38.0 Å². The topological polar surface area (TPSA) is 66.5 Å². The van der Waals surface area contributed by atoms with Gasteiger partial charge in [-0.25, -0.2) is 4.39 Å². The number of hydrogen-bond acceptors (Lipinski definition) is 4. The Balaban J connectivity index is 1.77. The van der Waals surface area contributed by atoms with Crippen molar-refractivity contribution in [2.45, 2.75) is 44.6 Å². The smallest absolute Gasteiger partial charge is 0.257 e. The van der Waals surface area contributed by atoms with E-state index in [9.17, 15) is 9.18 Å². The van der Waals surface area contributed by atoms with Gasteiger partial charge in [0.1, 0.15) is 11.2 Å². The van der Waals surface area contributed by atoms with E-state index in [-0.39, 0.29) is 17.0 Å². The molecule has 1 fully saturated rings. The zero-order chi connectivity index (χ0) is 19.8. The molecule has 1 atom stereocenters. The predicted molar refractivity (Wildman–Crippen MR) is 112 cm³/mol. The minimum Gasteiger partial charge on any atom is -0.492 e. The van der Waals surface area contributed by atoms with Gasteiger partial charge in [-0.15, -0.1) is 0 Å². The summed E-state index contributed by atoms with van der Waals surface area (Å²) in [5.74, 6) is 0.656. The number of fused-ring (bicyclic) bond motifs is 1. The molecule has 5 nitrogen and oxygen atoms in total. The molecule has 1 saturated carbocycles. The van der Waals surface area contributed by atoms with Crippen molar-refractivity contribution in [3.05, 3.63) is 39.1 Å². The van der Waals surface area contributed by atoms with E-state index in [4.69, 9.17) is 16.3 Å². The minimum absolute atomic E-state index is 0.173. The fourth-order valence-electron chi connectivity index (χ4n) is 2.95. The molecule has 1 aliphatic carbocycles. The summed E-state index contributed by atoms with van der Waals surface area (Å²) in [5.41, 5.74) is 3.57. The molecule has 2 N–H and O–H groups in total. The van der Waals surface area contributed by atoms with Gasteiger partial charge < -0.3 is 15.1 Å². The van der Waals surface area contributed by atoms with Crippen molar-refractivity contribution in [2.75, 3.05) is 6.61 Å². The van der Waals surface area contributed by atoms with E-state index in [1.54, 1.807) is 18.2 Å². The largest absolute Gasteiger partial charge is 0.492 e. The zero-order valence-corrected chi connectivity index (χ0v) is 17.5. The van der Waals surface area contributed by atoms with E-state index in [1.165, 1.54) is 6.21 Å². The number of alkyl halides is 1. The van der Waals surface area contributed by atoms with Crippen LogP contribution in [0.1, 0.15) is 39.2 Å². The maximum atomic E-state index is 13.5. The molecule has 0 amide bonds. The lowest BCUT2D eigenvalue weighted by Crippen LogP contribution is -2.37. The second-order valence-corrected chi connectivity index (χ2v) is 9.61. The molecule has 2 aromatic rings. The van der Waals surface area contributed by atoms with Crippen molar-refractivity contribution in [1.82, 2.24) is 10.4 Å². The number of hydrazone groups is 1. The highest BCUT2D eigenvalue weighted by Crippen LogP contribution is 2.46. The van der Waals surface area contributed by atoms with Crippen LogP contribution in [0.5, 0.6) is 5.75 Å². The van der Waals surface area contributed by atoms with Crippen LogP contribution in [-0.4, -0.2) is 28.8 Å². The van der Waals surface area contributed by atoms with E-state index >= 15 is 0 Å². The molecular formula is C19H24ClFN3O2P. The van der Waals surface area contributed by atoms with Crippen LogP contribution >= 0.6 is 20.8 Å². The SMILES string of the molecule is CC(C)(C)N/N=C/c1cc2cc(Cl)c(OCC3CC(F)(P)C3)cc2[nH]c1=O. The molecule has 146 valence electrons. The monoisotopic (exact) mass is 411 g/mol. The molecule has 3 rings (SSSR count). The third-order valence-electron chi connectivity index (χ3n) is 4.26. The molecule has 1 heterocycles. The third kappa shape index (κ3) is 5.20. The number of halogens is 2. The molecule has 0 spiro atoms. The number of benzene rings is 1. The molecule has 27 heavy (non-hydrogen) atoms. The fraction of sp³-hybridized carbons (Fsp3) is 0.474. The Labute approximate surface area is 164 Å². The summed E-state index contributed by atoms with van der Waals surface area (Å²) in [6, 6.07) is 5.18. The van der Waals surface area contributed by atoms with Gasteiger partial charge in [-0.1, -0.05) is 20.8 Å². The lowest BCUT2D eigenvalue weighted by molar-refractivity contribution is 0.0592. The molecule has 1 aromatic carbocycles. The highest BCUT2D eigenvalue weighted by atomic mass is 35.5. The standard InChI is InChI=1S/C19H24ClFN3O2P/c1-18(2,3)24-22-9-13-4-12-5-14(20)16(6-15(12)23-17(13)25)26-10-11-7-19(21,27)8-11/h4-6,9,11,24H,7-8,10,27H2,1-3H3,(H,23,25)/b22-9+. The van der Waals surface area contributed by atoms with E-state index in [0.717, 1.165) is 5.39 Å². The molecule has 0 saturated heterocycles. The summed E-state index contributed by atoms with van der Waals surface area (Å²) in [7, 11) is 2.23. The fourth-order valence-corrected chi connectivity index (χ4v) is 3.84. The summed E-state index contributed by atoms with van der Waals surface area (Å²) >= 11 is 6.32. The maximum absolute atomic E-state index is 13.5. The van der Waals surface area contributed by atoms with Crippen molar-refractivity contribution in [2.24, 2.45) is 11.0 Å². The van der Waals surface area contributed by atoms with Crippen LogP contribution in [0.3, 0.4) is 0 Å². The van der Waals surface area contributed by atoms with Crippen LogP contribution in [0, 0.1) is 5.92 Å². The number of nitrogens with one attached hydrogen (secondary N) is 2. The first-order chi connectivity index (χ1) is 12.5. The van der Waals surface area contributed by atoms with Crippen molar-refractivity contribution in [1.29, 1.82) is 0 Å². The van der Waals surface area contributed by atoms with E-state index < -0.39 is 5.41 Å². The van der Waals surface area contributed by atoms with Crippen LogP contribution in [-0.2, 0) is 0 Å². The van der Waals surface area contributed by atoms with Crippen LogP contribution < -0.4 is 15.7 Å². The first-order valence-corrected chi connectivity index (χ1v) is 9.75. The Kier molecular flexibility index (Phi) is 5.51. The van der Waals surface area contributed by atoms with Crippen LogP contribution in [0.2, 0.25) is 5.02 Å². The minimum atomic E-state index is -1.16. The Bertz CT molecular complexity index is 929. The average molecular weight is 412 g/mol. The number of hydrogen-bond donors (Lipinski definition) is 2. The molecule has 0 bridgehead atoms. The number of rotatable bonds is 5. The molecule has 1 aliphatic rings. The second-order valence-electron chi connectivity index (χ2n) is 8.16. The summed E-state index contributed by atoms with van der Waals surface area (Å²) in [4.78, 5) is 15.1. The highest BCUT2D eigenvalue weighted by Gasteiger charge is 2.41. The van der Waals surface area contributed by atoms with E-state index in [1.807, 2.05) is 20.8 Å². The van der Waals surface area contributed by atoms with E-state index in [2.05, 4.69) is 24.8 Å². The van der Waals surface area contributed by atoms with Gasteiger partial charge in [0.05, 0.1) is 28.9 Å². The Morgan fingerprint density at radius 1 is 1.44 bits per heavy atom. The van der Waals surface area contributed by atoms with Gasteiger partial charge in [-0.05, 0) is 51.7 Å². The maximum Gasteiger partial charge on any atom is 0.257 e. The second kappa shape index (κ2) is 7.40. The van der Waals surface area contributed by atoms with Gasteiger partial charge in [0.2, 0.25) is 0 Å². The molecule has 8 heteroatoms. The van der Waals surface area contributed by atoms with Gasteiger partial charge in [0, 0.05) is 17.0 Å². The summed E-state index contributed by atoms with van der Waals surface area (Å²) < 4.78 is 19.3. The quantitative estimate of drug-likeness (QED) is 0.439. The van der Waals surface area contributed by atoms with Crippen molar-refractivity contribution in [3.8, 4) is 5.75 Å². The van der Waals surface area contributed by atoms with Crippen molar-refractivity contribution < 1.29 is 9.13 Å². The van der Waals surface area contributed by atoms with Gasteiger partial charge in [0.15, 0.2) is 0 Å². The molecule has 0 radical (unpaired) electrons. The van der Waals surface area contributed by atoms with Gasteiger partial charge in [0.25, 0.3) is 5.56 Å². The summed E-state index contributed by atoms with van der Waals surface area (Å²) in [6.45, 7) is 6.34. The highest BCUT2D eigenvalue weighted by molar-refractivity contribution is 7.18. The lowest BCUT2D eigenvalue weighted by atomic mass is 9.83. The molecular weight excluding hydrogens is 388 g/mol. The zero-order valence-electron chi connectivity index (χ0n) is 15.6. The van der Waals surface area contributed by atoms with Crippen LogP contribution in [0.15, 0.2) is 28.1 Å². The summed E-state index contributed by atoms with van der Waals surface area (Å²) in [6.07, 6.45) is 2.42. The normalized spacial score (nSPS) is 22.8. The number of pyridine rings is 1. The predicted octanol–water partition coefficient (Wildman–Crippen LogP) is 4.23. The van der Waals surface area contributed by atoms with Crippen molar-refractivity contribution in [3.63, 3.8) is 0 Å². The van der Waals surface area contributed by atoms with Gasteiger partial charge in [-0.3, -0.25) is 4.79 Å². The van der Waals surface area contributed by atoms with Gasteiger partial charge in [-0.2, -0.15) is 5.10 Å². The first-order valence-electron chi connectivity index (χ1n) is 8.80. The number of ether oxygens (including phenoxy) is 1. The number of nitrogens with zero attached hydrogens (tertiary/aromatic N) is 1. The van der Waals surface area contributed by atoms with Crippen LogP contribution in [0.25, 0.3) is 10.9 Å². The average Bonchev–Trinajstić information content (AvgIpc) is 2.51. The summed E-state index contributed by atoms with van der Waals surface area (Å²) in [5, 5.41) is 4.18. The third-order valence-corrected chi connectivity index (χ3v) is 5.03. The molecule has 1 aromatic heterocycles. The van der Waals surface area contributed by atoms with E-state index in [0.29, 0.717) is 41.3 Å². The molecule has 0 aliphatic heterocycles. The number of aromatic nitrogens is 1. The Morgan fingerprint density at radius 3 is 2.78 bits per heavy atom. The Morgan fingerprint density at radius 2 is 2.15 bits per heavy atom. The van der Waals surface area contributed by atoms with Crippen LogP contribution in [0.4, 0.5) is 4.39 Å². The number of aromatic amines is 1. The molecule has 1 unspecified atom stereocenters. The number of H-pyrrole nitrogens is 1. The Hall–Kier alpha value is -1.65.